The highest BCUT2D eigenvalue weighted by atomic mass is 32.2. The van der Waals surface area contributed by atoms with E-state index in [0.29, 0.717) is 17.3 Å². The van der Waals surface area contributed by atoms with Crippen LogP contribution in [0.4, 0.5) is 5.69 Å². The molecule has 1 saturated heterocycles. The van der Waals surface area contributed by atoms with Crippen LogP contribution >= 0.6 is 11.8 Å². The molecule has 6 nitrogen and oxygen atoms in total. The largest absolute Gasteiger partial charge is 0.324 e. The van der Waals surface area contributed by atoms with Crippen molar-refractivity contribution in [1.82, 2.24) is 8.61 Å². The van der Waals surface area contributed by atoms with Crippen molar-refractivity contribution < 1.29 is 13.2 Å². The van der Waals surface area contributed by atoms with Gasteiger partial charge < -0.3 is 5.32 Å². The number of para-hydroxylation sites is 1. The van der Waals surface area contributed by atoms with Crippen LogP contribution in [-0.4, -0.2) is 54.7 Å². The second kappa shape index (κ2) is 6.35. The predicted octanol–water partition coefficient (Wildman–Crippen LogP) is 1.11. The molecular formula is C13H19N3O3S2. The van der Waals surface area contributed by atoms with Gasteiger partial charge in [-0.3, -0.25) is 4.79 Å². The molecule has 1 heterocycles. The van der Waals surface area contributed by atoms with E-state index >= 15 is 0 Å². The first-order chi connectivity index (χ1) is 9.84. The molecule has 0 bridgehead atoms. The van der Waals surface area contributed by atoms with Crippen LogP contribution in [0, 0.1) is 6.92 Å². The standard InChI is InChI=1S/C13H19N3O3S2/c1-10-6-4-5-7-11(10)14-13(17)12-8-20-9-16(12)21(18,19)15(2)3/h4-7,12H,8-9H2,1-3H3,(H,14,17)/t12-/m0/s1. The van der Waals surface area contributed by atoms with E-state index in [-0.39, 0.29) is 5.91 Å². The normalized spacial score (nSPS) is 19.9. The van der Waals surface area contributed by atoms with Crippen molar-refractivity contribution in [3.8, 4) is 0 Å². The summed E-state index contributed by atoms with van der Waals surface area (Å²) in [7, 11) is -0.654. The Labute approximate surface area is 129 Å². The maximum absolute atomic E-state index is 12.4. The van der Waals surface area contributed by atoms with E-state index < -0.39 is 16.3 Å². The number of nitrogens with one attached hydrogen (secondary N) is 1. The van der Waals surface area contributed by atoms with Crippen LogP contribution < -0.4 is 5.32 Å². The highest BCUT2D eigenvalue weighted by Gasteiger charge is 2.40. The number of carbonyl (C=O) groups is 1. The van der Waals surface area contributed by atoms with Crippen molar-refractivity contribution in [2.75, 3.05) is 31.0 Å². The number of benzene rings is 1. The van der Waals surface area contributed by atoms with Gasteiger partial charge in [0.1, 0.15) is 6.04 Å². The van der Waals surface area contributed by atoms with Crippen LogP contribution in [0.1, 0.15) is 5.56 Å². The molecule has 1 aromatic carbocycles. The second-order valence-corrected chi connectivity index (χ2v) is 8.09. The molecule has 1 aliphatic rings. The van der Waals surface area contributed by atoms with E-state index in [4.69, 9.17) is 0 Å². The molecule has 1 fully saturated rings. The van der Waals surface area contributed by atoms with Gasteiger partial charge in [0.05, 0.1) is 5.88 Å². The number of hydrogen-bond donors (Lipinski definition) is 1. The van der Waals surface area contributed by atoms with Crippen molar-refractivity contribution in [2.24, 2.45) is 0 Å². The third-order valence-electron chi connectivity index (χ3n) is 3.31. The van der Waals surface area contributed by atoms with Crippen LogP contribution in [0.3, 0.4) is 0 Å². The summed E-state index contributed by atoms with van der Waals surface area (Å²) in [5.41, 5.74) is 1.65. The lowest BCUT2D eigenvalue weighted by Gasteiger charge is -2.25. The lowest BCUT2D eigenvalue weighted by molar-refractivity contribution is -0.118. The maximum atomic E-state index is 12.4. The van der Waals surface area contributed by atoms with Gasteiger partial charge in [-0.25, -0.2) is 0 Å². The smallest absolute Gasteiger partial charge is 0.282 e. The fourth-order valence-corrected chi connectivity index (χ4v) is 4.78. The molecule has 1 atom stereocenters. The van der Waals surface area contributed by atoms with E-state index in [1.54, 1.807) is 6.07 Å². The number of hydrogen-bond acceptors (Lipinski definition) is 4. The van der Waals surface area contributed by atoms with Crippen molar-refractivity contribution in [1.29, 1.82) is 0 Å². The van der Waals surface area contributed by atoms with Gasteiger partial charge >= 0.3 is 0 Å². The minimum absolute atomic E-state index is 0.292. The molecule has 116 valence electrons. The summed E-state index contributed by atoms with van der Waals surface area (Å²) in [6.45, 7) is 1.90. The van der Waals surface area contributed by atoms with Crippen molar-refractivity contribution in [3.63, 3.8) is 0 Å². The zero-order chi connectivity index (χ0) is 15.6. The van der Waals surface area contributed by atoms with Crippen molar-refractivity contribution >= 4 is 33.6 Å². The molecule has 1 amide bonds. The Hall–Kier alpha value is -1.09. The zero-order valence-corrected chi connectivity index (χ0v) is 13.9. The number of carbonyl (C=O) groups excluding carboxylic acids is 1. The fourth-order valence-electron chi connectivity index (χ4n) is 2.00. The molecule has 2 rings (SSSR count). The summed E-state index contributed by atoms with van der Waals surface area (Å²) in [5, 5.41) is 2.82. The minimum Gasteiger partial charge on any atom is -0.324 e. The summed E-state index contributed by atoms with van der Waals surface area (Å²) in [5.74, 6) is 0.469. The first-order valence-corrected chi connectivity index (χ1v) is 9.02. The maximum Gasteiger partial charge on any atom is 0.282 e. The first kappa shape index (κ1) is 16.3. The molecule has 0 unspecified atom stereocenters. The van der Waals surface area contributed by atoms with Crippen molar-refractivity contribution in [3.05, 3.63) is 29.8 Å². The van der Waals surface area contributed by atoms with Crippen LogP contribution in [0.5, 0.6) is 0 Å². The summed E-state index contributed by atoms with van der Waals surface area (Å²) in [4.78, 5) is 12.4. The first-order valence-electron chi connectivity index (χ1n) is 6.47. The van der Waals surface area contributed by atoms with Gasteiger partial charge in [0, 0.05) is 25.5 Å². The Morgan fingerprint density at radius 2 is 2.05 bits per heavy atom. The van der Waals surface area contributed by atoms with Gasteiger partial charge in [-0.15, -0.1) is 11.8 Å². The predicted molar refractivity (Wildman–Crippen MR) is 85.4 cm³/mol. The highest BCUT2D eigenvalue weighted by Crippen LogP contribution is 2.26. The second-order valence-electron chi connectivity index (χ2n) is 5.00. The third-order valence-corrected chi connectivity index (χ3v) is 6.38. The van der Waals surface area contributed by atoms with Crippen LogP contribution in [0.2, 0.25) is 0 Å². The molecule has 21 heavy (non-hydrogen) atoms. The van der Waals surface area contributed by atoms with E-state index in [2.05, 4.69) is 5.32 Å². The molecule has 0 spiro atoms. The molecule has 1 N–H and O–H groups in total. The average molecular weight is 329 g/mol. The Balaban J connectivity index is 2.17. The van der Waals surface area contributed by atoms with Gasteiger partial charge in [0.2, 0.25) is 5.91 Å². The van der Waals surface area contributed by atoms with E-state index in [0.717, 1.165) is 9.87 Å². The Bertz CT molecular complexity index is 631. The van der Waals surface area contributed by atoms with E-state index in [1.165, 1.54) is 30.2 Å². The summed E-state index contributed by atoms with van der Waals surface area (Å²) in [6, 6.07) is 6.74. The SMILES string of the molecule is Cc1ccccc1NC(=O)[C@@H]1CSCN1S(=O)(=O)N(C)C. The molecule has 0 saturated carbocycles. The number of aryl methyl sites for hydroxylation is 1. The molecule has 0 radical (unpaired) electrons. The van der Waals surface area contributed by atoms with Gasteiger partial charge in [0.15, 0.2) is 0 Å². The van der Waals surface area contributed by atoms with Crippen molar-refractivity contribution in [2.45, 2.75) is 13.0 Å². The summed E-state index contributed by atoms with van der Waals surface area (Å²) < 4.78 is 26.8. The van der Waals surface area contributed by atoms with E-state index in [9.17, 15) is 13.2 Å². The van der Waals surface area contributed by atoms with Crippen LogP contribution in [0.15, 0.2) is 24.3 Å². The number of nitrogens with zero attached hydrogens (tertiary/aromatic N) is 2. The number of anilines is 1. The number of rotatable bonds is 4. The monoisotopic (exact) mass is 329 g/mol. The summed E-state index contributed by atoms with van der Waals surface area (Å²) >= 11 is 1.44. The number of amides is 1. The highest BCUT2D eigenvalue weighted by molar-refractivity contribution is 8.00. The number of thioether (sulfide) groups is 1. The summed E-state index contributed by atoms with van der Waals surface area (Å²) in [6.07, 6.45) is 0. The molecule has 1 aromatic rings. The molecule has 1 aliphatic heterocycles. The Morgan fingerprint density at radius 1 is 1.38 bits per heavy atom. The lowest BCUT2D eigenvalue weighted by atomic mass is 10.2. The lowest BCUT2D eigenvalue weighted by Crippen LogP contribution is -2.48. The average Bonchev–Trinajstić information content (AvgIpc) is 2.91. The van der Waals surface area contributed by atoms with Gasteiger partial charge in [0.25, 0.3) is 10.2 Å². The topological polar surface area (TPSA) is 69.7 Å². The molecule has 0 aliphatic carbocycles. The Kier molecular flexibility index (Phi) is 4.92. The van der Waals surface area contributed by atoms with Crippen LogP contribution in [0.25, 0.3) is 0 Å². The van der Waals surface area contributed by atoms with Crippen LogP contribution in [-0.2, 0) is 15.0 Å². The molecular weight excluding hydrogens is 310 g/mol. The fraction of sp³-hybridized carbons (Fsp3) is 0.462. The van der Waals surface area contributed by atoms with Gasteiger partial charge in [-0.1, -0.05) is 18.2 Å². The van der Waals surface area contributed by atoms with E-state index in [1.807, 2.05) is 25.1 Å². The third kappa shape index (κ3) is 3.39. The minimum atomic E-state index is -3.59. The quantitative estimate of drug-likeness (QED) is 0.898. The molecule has 8 heteroatoms. The van der Waals surface area contributed by atoms with Gasteiger partial charge in [-0.2, -0.15) is 17.0 Å². The Morgan fingerprint density at radius 3 is 2.67 bits per heavy atom. The van der Waals surface area contributed by atoms with Gasteiger partial charge in [-0.05, 0) is 18.6 Å². The molecule has 0 aromatic heterocycles. The zero-order valence-electron chi connectivity index (χ0n) is 12.2.